The predicted octanol–water partition coefficient (Wildman–Crippen LogP) is 8.10. The Morgan fingerprint density at radius 2 is 1.89 bits per heavy atom. The topological polar surface area (TPSA) is 0 Å². The molecule has 2 aromatic rings. The Morgan fingerprint density at radius 1 is 1.11 bits per heavy atom. The molecule has 0 aliphatic heterocycles. The van der Waals surface area contributed by atoms with E-state index in [1.165, 1.54) is 59.9 Å². The molecule has 0 amide bonds. The maximum absolute atomic E-state index is 4.61. The first-order valence-corrected chi connectivity index (χ1v) is 11.1. The molecule has 0 saturated heterocycles. The van der Waals surface area contributed by atoms with E-state index in [2.05, 4.69) is 75.9 Å². The SMILES string of the molecule is C=C(c1cc(C)ccc1C)C(CCC)CC1=Cc2ccccc2C1CC1CC1. The van der Waals surface area contributed by atoms with Crippen molar-refractivity contribution in [3.63, 3.8) is 0 Å². The molecule has 2 unspecified atom stereocenters. The zero-order valence-corrected chi connectivity index (χ0v) is 17.8. The van der Waals surface area contributed by atoms with Crippen LogP contribution < -0.4 is 0 Å². The fourth-order valence-electron chi connectivity index (χ4n) is 4.96. The quantitative estimate of drug-likeness (QED) is 0.440. The first-order chi connectivity index (χ1) is 13.6. The van der Waals surface area contributed by atoms with Gasteiger partial charge in [0, 0.05) is 5.92 Å². The van der Waals surface area contributed by atoms with E-state index in [1.807, 2.05) is 0 Å². The number of allylic oxidation sites excluding steroid dienone is 2. The monoisotopic (exact) mass is 370 g/mol. The van der Waals surface area contributed by atoms with Crippen molar-refractivity contribution in [2.45, 2.75) is 65.2 Å². The van der Waals surface area contributed by atoms with E-state index >= 15 is 0 Å². The molecule has 0 aromatic heterocycles. The van der Waals surface area contributed by atoms with Crippen LogP contribution in [0.1, 0.15) is 79.2 Å². The van der Waals surface area contributed by atoms with Crippen molar-refractivity contribution >= 4 is 11.6 Å². The zero-order chi connectivity index (χ0) is 19.7. The van der Waals surface area contributed by atoms with Gasteiger partial charge in [-0.25, -0.2) is 0 Å². The summed E-state index contributed by atoms with van der Waals surface area (Å²) in [7, 11) is 0. The summed E-state index contributed by atoms with van der Waals surface area (Å²) >= 11 is 0. The lowest BCUT2D eigenvalue weighted by Crippen LogP contribution is -2.09. The van der Waals surface area contributed by atoms with Gasteiger partial charge in [-0.3, -0.25) is 0 Å². The number of benzene rings is 2. The number of aryl methyl sites for hydroxylation is 2. The standard InChI is InChI=1S/C28H34/c1-5-8-23(21(4)27-15-19(2)11-12-20(27)3)17-25-18-24-9-6-7-10-26(24)28(25)16-22-13-14-22/h6-7,9-12,15,18,22-23,28H,4-5,8,13-14,16-17H2,1-3H3. The second-order valence-corrected chi connectivity index (χ2v) is 9.11. The minimum Gasteiger partial charge on any atom is -0.0949 e. The Morgan fingerprint density at radius 3 is 2.64 bits per heavy atom. The van der Waals surface area contributed by atoms with Gasteiger partial charge in [0.25, 0.3) is 0 Å². The Kier molecular flexibility index (Phi) is 5.58. The molecule has 0 spiro atoms. The lowest BCUT2D eigenvalue weighted by atomic mass is 9.79. The van der Waals surface area contributed by atoms with E-state index < -0.39 is 0 Å². The van der Waals surface area contributed by atoms with Crippen LogP contribution in [0.25, 0.3) is 11.6 Å². The molecule has 0 heteroatoms. The van der Waals surface area contributed by atoms with Gasteiger partial charge >= 0.3 is 0 Å². The van der Waals surface area contributed by atoms with Gasteiger partial charge in [0.05, 0.1) is 0 Å². The molecule has 2 aromatic carbocycles. The second kappa shape index (κ2) is 8.11. The molecule has 0 heterocycles. The van der Waals surface area contributed by atoms with E-state index in [4.69, 9.17) is 0 Å². The summed E-state index contributed by atoms with van der Waals surface area (Å²) in [4.78, 5) is 0. The van der Waals surface area contributed by atoms with Crippen LogP contribution in [0.3, 0.4) is 0 Å². The summed E-state index contributed by atoms with van der Waals surface area (Å²) in [5.74, 6) is 2.12. The first kappa shape index (κ1) is 19.2. The summed E-state index contributed by atoms with van der Waals surface area (Å²) in [5.41, 5.74) is 10.1. The third kappa shape index (κ3) is 4.02. The molecule has 0 bridgehead atoms. The smallest absolute Gasteiger partial charge is 0.00602 e. The van der Waals surface area contributed by atoms with Crippen LogP contribution >= 0.6 is 0 Å². The summed E-state index contributed by atoms with van der Waals surface area (Å²) in [6.07, 6.45) is 10.3. The predicted molar refractivity (Wildman–Crippen MR) is 122 cm³/mol. The van der Waals surface area contributed by atoms with Gasteiger partial charge in [0.15, 0.2) is 0 Å². The van der Waals surface area contributed by atoms with E-state index in [0.29, 0.717) is 11.8 Å². The molecule has 2 atom stereocenters. The highest BCUT2D eigenvalue weighted by atomic mass is 14.4. The molecule has 1 saturated carbocycles. The molecule has 0 radical (unpaired) electrons. The van der Waals surface area contributed by atoms with Gasteiger partial charge in [-0.05, 0) is 72.8 Å². The Labute approximate surface area is 171 Å². The third-order valence-corrected chi connectivity index (χ3v) is 6.78. The minimum atomic E-state index is 0.535. The van der Waals surface area contributed by atoms with Gasteiger partial charge < -0.3 is 0 Å². The Balaban J connectivity index is 1.60. The van der Waals surface area contributed by atoms with Crippen molar-refractivity contribution in [2.24, 2.45) is 11.8 Å². The van der Waals surface area contributed by atoms with Crippen LogP contribution in [0.5, 0.6) is 0 Å². The van der Waals surface area contributed by atoms with Crippen molar-refractivity contribution in [1.29, 1.82) is 0 Å². The van der Waals surface area contributed by atoms with Gasteiger partial charge in [-0.15, -0.1) is 0 Å². The summed E-state index contributed by atoms with van der Waals surface area (Å²) in [6, 6.07) is 15.9. The molecular formula is C28H34. The lowest BCUT2D eigenvalue weighted by molar-refractivity contribution is 0.551. The summed E-state index contributed by atoms with van der Waals surface area (Å²) in [6.45, 7) is 11.3. The average Bonchev–Trinajstić information content (AvgIpc) is 3.45. The van der Waals surface area contributed by atoms with Crippen LogP contribution in [0.2, 0.25) is 0 Å². The van der Waals surface area contributed by atoms with E-state index in [0.717, 1.165) is 12.3 Å². The maximum atomic E-state index is 4.61. The van der Waals surface area contributed by atoms with Crippen molar-refractivity contribution in [3.8, 4) is 0 Å². The lowest BCUT2D eigenvalue weighted by Gasteiger charge is -2.25. The van der Waals surface area contributed by atoms with Gasteiger partial charge in [0.2, 0.25) is 0 Å². The molecular weight excluding hydrogens is 336 g/mol. The van der Waals surface area contributed by atoms with E-state index in [-0.39, 0.29) is 0 Å². The average molecular weight is 371 g/mol. The maximum Gasteiger partial charge on any atom is 0.00602 e. The first-order valence-electron chi connectivity index (χ1n) is 11.1. The highest BCUT2D eigenvalue weighted by Gasteiger charge is 2.33. The highest BCUT2D eigenvalue weighted by molar-refractivity contribution is 5.71. The summed E-state index contributed by atoms with van der Waals surface area (Å²) < 4.78 is 0. The van der Waals surface area contributed by atoms with Crippen molar-refractivity contribution < 1.29 is 0 Å². The van der Waals surface area contributed by atoms with Crippen LogP contribution in [0.4, 0.5) is 0 Å². The highest BCUT2D eigenvalue weighted by Crippen LogP contribution is 2.49. The molecule has 1 fully saturated rings. The Bertz CT molecular complexity index is 894. The van der Waals surface area contributed by atoms with Gasteiger partial charge in [-0.1, -0.05) is 92.4 Å². The third-order valence-electron chi connectivity index (χ3n) is 6.78. The molecule has 0 N–H and O–H groups in total. The van der Waals surface area contributed by atoms with Crippen LogP contribution in [0.15, 0.2) is 54.6 Å². The van der Waals surface area contributed by atoms with Gasteiger partial charge in [-0.2, -0.15) is 0 Å². The molecule has 2 aliphatic rings. The van der Waals surface area contributed by atoms with Crippen LogP contribution in [-0.2, 0) is 0 Å². The van der Waals surface area contributed by atoms with E-state index in [1.54, 1.807) is 11.1 Å². The number of rotatable bonds is 8. The molecule has 0 nitrogen and oxygen atoms in total. The Hall–Kier alpha value is -2.08. The summed E-state index contributed by atoms with van der Waals surface area (Å²) in [5, 5.41) is 0. The van der Waals surface area contributed by atoms with Crippen LogP contribution in [0, 0.1) is 25.7 Å². The van der Waals surface area contributed by atoms with Crippen molar-refractivity contribution in [3.05, 3.63) is 82.4 Å². The zero-order valence-electron chi connectivity index (χ0n) is 17.8. The minimum absolute atomic E-state index is 0.535. The fourth-order valence-corrected chi connectivity index (χ4v) is 4.96. The van der Waals surface area contributed by atoms with Gasteiger partial charge in [0.1, 0.15) is 0 Å². The molecule has 28 heavy (non-hydrogen) atoms. The van der Waals surface area contributed by atoms with Crippen molar-refractivity contribution in [2.75, 3.05) is 0 Å². The molecule has 4 rings (SSSR count). The molecule has 2 aliphatic carbocycles. The second-order valence-electron chi connectivity index (χ2n) is 9.11. The number of hydrogen-bond acceptors (Lipinski definition) is 0. The number of fused-ring (bicyclic) bond motifs is 1. The normalized spacial score (nSPS) is 19.2. The van der Waals surface area contributed by atoms with E-state index in [9.17, 15) is 0 Å². The largest absolute Gasteiger partial charge is 0.0949 e. The van der Waals surface area contributed by atoms with Crippen molar-refractivity contribution in [1.82, 2.24) is 0 Å². The molecule has 146 valence electrons. The fraction of sp³-hybridized carbons (Fsp3) is 0.429. The van der Waals surface area contributed by atoms with Crippen LogP contribution in [-0.4, -0.2) is 0 Å². The number of hydrogen-bond donors (Lipinski definition) is 0.